The molecule has 0 aliphatic carbocycles. The maximum absolute atomic E-state index is 12.0. The Kier molecular flexibility index (Phi) is 2.90. The molecule has 1 aliphatic heterocycles. The topological polar surface area (TPSA) is 75.4 Å². The van der Waals surface area contributed by atoms with Crippen LogP contribution in [0.3, 0.4) is 0 Å². The minimum Gasteiger partial charge on any atom is -0.397 e. The van der Waals surface area contributed by atoms with Crippen LogP contribution in [0.2, 0.25) is 0 Å². The number of anilines is 3. The van der Waals surface area contributed by atoms with E-state index in [-0.39, 0.29) is 11.8 Å². The van der Waals surface area contributed by atoms with Crippen LogP contribution < -0.4 is 11.1 Å². The molecule has 0 spiro atoms. The van der Waals surface area contributed by atoms with Gasteiger partial charge in [0.2, 0.25) is 0 Å². The minimum atomic E-state index is -0.282. The second-order valence-electron chi connectivity index (χ2n) is 5.09. The molecule has 3 N–H and O–H groups in total. The van der Waals surface area contributed by atoms with Crippen molar-refractivity contribution in [3.8, 4) is 0 Å². The van der Waals surface area contributed by atoms with Crippen molar-refractivity contribution in [2.75, 3.05) is 18.1 Å². The smallest absolute Gasteiger partial charge is 0.261 e. The van der Waals surface area contributed by atoms with Gasteiger partial charge >= 0.3 is 0 Å². The number of benzene rings is 2. The molecule has 106 valence electrons. The Hall–Kier alpha value is -2.82. The van der Waals surface area contributed by atoms with Crippen LogP contribution in [-0.2, 0) is 0 Å². The normalized spacial score (nSPS) is 13.5. The Morgan fingerprint density at radius 2 is 1.76 bits per heavy atom. The zero-order valence-electron chi connectivity index (χ0n) is 11.8. The van der Waals surface area contributed by atoms with E-state index in [1.54, 1.807) is 18.2 Å². The zero-order valence-corrected chi connectivity index (χ0v) is 11.8. The van der Waals surface area contributed by atoms with Crippen LogP contribution >= 0.6 is 0 Å². The maximum atomic E-state index is 12.0. The number of amides is 2. The number of nitrogen functional groups attached to an aromatic ring is 1. The fraction of sp³-hybridized carbons (Fsp3) is 0.125. The molecule has 5 nitrogen and oxygen atoms in total. The molecule has 2 aromatic rings. The Labute approximate surface area is 122 Å². The average molecular weight is 281 g/mol. The second-order valence-corrected chi connectivity index (χ2v) is 5.09. The number of carbonyl (C=O) groups is 2. The third-order valence-electron chi connectivity index (χ3n) is 3.69. The number of aryl methyl sites for hydroxylation is 1. The molecule has 0 atom stereocenters. The number of nitrogens with two attached hydrogens (primary N) is 1. The summed E-state index contributed by atoms with van der Waals surface area (Å²) < 4.78 is 0. The van der Waals surface area contributed by atoms with Crippen molar-refractivity contribution in [1.82, 2.24) is 4.90 Å². The quantitative estimate of drug-likeness (QED) is 0.655. The SMILES string of the molecule is Cc1cccc(Nc2ccc3c(c2)C(=O)N(C)C3=O)c1N. The lowest BCUT2D eigenvalue weighted by molar-refractivity contribution is 0.0693. The monoisotopic (exact) mass is 281 g/mol. The molecular formula is C16H15N3O2. The predicted octanol–water partition coefficient (Wildman–Crippen LogP) is 2.55. The summed E-state index contributed by atoms with van der Waals surface area (Å²) in [6, 6.07) is 10.8. The molecule has 21 heavy (non-hydrogen) atoms. The Bertz CT molecular complexity index is 768. The van der Waals surface area contributed by atoms with Gasteiger partial charge < -0.3 is 11.1 Å². The van der Waals surface area contributed by atoms with E-state index in [1.807, 2.05) is 25.1 Å². The number of nitrogens with one attached hydrogen (secondary N) is 1. The van der Waals surface area contributed by atoms with Gasteiger partial charge in [0, 0.05) is 12.7 Å². The Morgan fingerprint density at radius 3 is 2.52 bits per heavy atom. The molecule has 0 fully saturated rings. The van der Waals surface area contributed by atoms with Gasteiger partial charge in [-0.1, -0.05) is 12.1 Å². The highest BCUT2D eigenvalue weighted by Crippen LogP contribution is 2.29. The van der Waals surface area contributed by atoms with E-state index < -0.39 is 0 Å². The number of carbonyl (C=O) groups excluding carboxylic acids is 2. The summed E-state index contributed by atoms with van der Waals surface area (Å²) >= 11 is 0. The third kappa shape index (κ3) is 2.03. The van der Waals surface area contributed by atoms with Crippen LogP contribution in [0.25, 0.3) is 0 Å². The largest absolute Gasteiger partial charge is 0.397 e. The molecule has 0 aromatic heterocycles. The molecule has 2 aromatic carbocycles. The number of fused-ring (bicyclic) bond motifs is 1. The summed E-state index contributed by atoms with van der Waals surface area (Å²) in [5, 5.41) is 3.19. The molecule has 0 saturated carbocycles. The van der Waals surface area contributed by atoms with E-state index in [9.17, 15) is 9.59 Å². The van der Waals surface area contributed by atoms with Crippen LogP contribution in [0.4, 0.5) is 17.1 Å². The van der Waals surface area contributed by atoms with Crippen molar-refractivity contribution >= 4 is 28.9 Å². The van der Waals surface area contributed by atoms with Crippen LogP contribution in [0.5, 0.6) is 0 Å². The van der Waals surface area contributed by atoms with Crippen LogP contribution in [0.1, 0.15) is 26.3 Å². The standard InChI is InChI=1S/C16H15N3O2/c1-9-4-3-5-13(14(9)17)18-10-6-7-11-12(8-10)16(21)19(2)15(11)20/h3-8,18H,17H2,1-2H3. The first-order chi connectivity index (χ1) is 9.99. The lowest BCUT2D eigenvalue weighted by Crippen LogP contribution is -2.24. The van der Waals surface area contributed by atoms with Gasteiger partial charge in [0.1, 0.15) is 0 Å². The molecule has 0 unspecified atom stereocenters. The summed E-state index contributed by atoms with van der Waals surface area (Å²) in [6.07, 6.45) is 0. The fourth-order valence-electron chi connectivity index (χ4n) is 2.38. The van der Waals surface area contributed by atoms with E-state index in [0.29, 0.717) is 16.8 Å². The molecule has 2 amide bonds. The minimum absolute atomic E-state index is 0.267. The van der Waals surface area contributed by atoms with Gasteiger partial charge in [-0.05, 0) is 36.8 Å². The Morgan fingerprint density at radius 1 is 1.05 bits per heavy atom. The van der Waals surface area contributed by atoms with E-state index in [4.69, 9.17) is 5.73 Å². The first-order valence-electron chi connectivity index (χ1n) is 6.57. The van der Waals surface area contributed by atoms with Crippen molar-refractivity contribution in [1.29, 1.82) is 0 Å². The molecule has 3 rings (SSSR count). The average Bonchev–Trinajstić information content (AvgIpc) is 2.69. The summed E-state index contributed by atoms with van der Waals surface area (Å²) in [4.78, 5) is 24.9. The number of rotatable bonds is 2. The van der Waals surface area contributed by atoms with Crippen LogP contribution in [-0.4, -0.2) is 23.8 Å². The van der Waals surface area contributed by atoms with E-state index >= 15 is 0 Å². The van der Waals surface area contributed by atoms with Crippen molar-refractivity contribution < 1.29 is 9.59 Å². The molecule has 0 radical (unpaired) electrons. The van der Waals surface area contributed by atoms with Gasteiger partial charge in [0.25, 0.3) is 11.8 Å². The summed E-state index contributed by atoms with van der Waals surface area (Å²) in [6.45, 7) is 1.93. The number of hydrogen-bond donors (Lipinski definition) is 2. The van der Waals surface area contributed by atoms with E-state index in [2.05, 4.69) is 5.32 Å². The van der Waals surface area contributed by atoms with Crippen molar-refractivity contribution in [3.63, 3.8) is 0 Å². The number of hydrogen-bond acceptors (Lipinski definition) is 4. The van der Waals surface area contributed by atoms with Gasteiger partial charge in [-0.2, -0.15) is 0 Å². The molecule has 0 bridgehead atoms. The lowest BCUT2D eigenvalue weighted by Gasteiger charge is -2.11. The first-order valence-corrected chi connectivity index (χ1v) is 6.57. The van der Waals surface area contributed by atoms with Gasteiger partial charge in [-0.15, -0.1) is 0 Å². The second kappa shape index (κ2) is 4.63. The Balaban J connectivity index is 1.98. The maximum Gasteiger partial charge on any atom is 0.261 e. The highest BCUT2D eigenvalue weighted by Gasteiger charge is 2.32. The summed E-state index contributed by atoms with van der Waals surface area (Å²) in [5.74, 6) is -0.549. The van der Waals surface area contributed by atoms with Crippen molar-refractivity contribution in [3.05, 3.63) is 53.1 Å². The fourth-order valence-corrected chi connectivity index (χ4v) is 2.38. The van der Waals surface area contributed by atoms with Gasteiger partial charge in [0.15, 0.2) is 0 Å². The van der Waals surface area contributed by atoms with Gasteiger partial charge in [0.05, 0.1) is 22.5 Å². The molecule has 0 saturated heterocycles. The zero-order chi connectivity index (χ0) is 15.1. The first kappa shape index (κ1) is 13.2. The molecule has 1 aliphatic rings. The summed E-state index contributed by atoms with van der Waals surface area (Å²) in [7, 11) is 1.48. The summed E-state index contributed by atoms with van der Waals surface area (Å²) in [5.41, 5.74) is 10.0. The van der Waals surface area contributed by atoms with E-state index in [0.717, 1.165) is 21.8 Å². The van der Waals surface area contributed by atoms with Crippen molar-refractivity contribution in [2.24, 2.45) is 0 Å². The lowest BCUT2D eigenvalue weighted by atomic mass is 10.1. The van der Waals surface area contributed by atoms with Gasteiger partial charge in [-0.3, -0.25) is 14.5 Å². The predicted molar refractivity (Wildman–Crippen MR) is 81.7 cm³/mol. The van der Waals surface area contributed by atoms with Crippen LogP contribution in [0, 0.1) is 6.92 Å². The third-order valence-corrected chi connectivity index (χ3v) is 3.69. The van der Waals surface area contributed by atoms with Crippen molar-refractivity contribution in [2.45, 2.75) is 6.92 Å². The molecule has 5 heteroatoms. The molecular weight excluding hydrogens is 266 g/mol. The highest BCUT2D eigenvalue weighted by molar-refractivity contribution is 6.21. The van der Waals surface area contributed by atoms with Gasteiger partial charge in [-0.25, -0.2) is 0 Å². The number of para-hydroxylation sites is 1. The van der Waals surface area contributed by atoms with E-state index in [1.165, 1.54) is 7.05 Å². The number of nitrogens with zero attached hydrogens (tertiary/aromatic N) is 1. The van der Waals surface area contributed by atoms with Crippen LogP contribution in [0.15, 0.2) is 36.4 Å². The highest BCUT2D eigenvalue weighted by atomic mass is 16.2. The molecule has 1 heterocycles. The number of imide groups is 1.